The minimum Gasteiger partial charge on any atom is -0.488 e. The number of thioether (sulfide) groups is 1. The molecule has 156 valence electrons. The maximum atomic E-state index is 11.1. The molecule has 3 aromatic carbocycles. The van der Waals surface area contributed by atoms with Gasteiger partial charge in [0.2, 0.25) is 0 Å². The fourth-order valence-electron chi connectivity index (χ4n) is 3.40. The van der Waals surface area contributed by atoms with E-state index in [1.54, 1.807) is 18.0 Å². The first-order valence-corrected chi connectivity index (χ1v) is 12.6. The van der Waals surface area contributed by atoms with E-state index in [1.165, 1.54) is 0 Å². The Hall–Kier alpha value is -2.41. The van der Waals surface area contributed by atoms with Gasteiger partial charge < -0.3 is 9.15 Å². The van der Waals surface area contributed by atoms with Gasteiger partial charge in [-0.05, 0) is 57.6 Å². The van der Waals surface area contributed by atoms with Crippen molar-refractivity contribution in [3.05, 3.63) is 93.5 Å². The lowest BCUT2D eigenvalue weighted by Crippen LogP contribution is -2.00. The predicted octanol–water partition coefficient (Wildman–Crippen LogP) is 7.57. The molecule has 0 radical (unpaired) electrons. The number of hydrogen-bond donors (Lipinski definition) is 0. The summed E-state index contributed by atoms with van der Waals surface area (Å²) in [6, 6.07) is 22.4. The van der Waals surface area contributed by atoms with Crippen LogP contribution in [0.1, 0.15) is 11.1 Å². The fourth-order valence-corrected chi connectivity index (χ4v) is 5.08. The molecule has 0 aliphatic heterocycles. The van der Waals surface area contributed by atoms with E-state index in [2.05, 4.69) is 40.2 Å². The number of benzene rings is 3. The summed E-state index contributed by atoms with van der Waals surface area (Å²) in [5.74, 6) is 1.24. The zero-order valence-electron chi connectivity index (χ0n) is 16.8. The van der Waals surface area contributed by atoms with Gasteiger partial charge in [-0.2, -0.15) is 0 Å². The first kappa shape index (κ1) is 21.8. The van der Waals surface area contributed by atoms with Crippen LogP contribution in [0.4, 0.5) is 0 Å². The van der Waals surface area contributed by atoms with E-state index in [4.69, 9.17) is 9.15 Å². The summed E-state index contributed by atoms with van der Waals surface area (Å²) < 4.78 is 24.0. The minimum absolute atomic E-state index is 0.412. The Labute approximate surface area is 198 Å². The zero-order chi connectivity index (χ0) is 21.6. The van der Waals surface area contributed by atoms with Gasteiger partial charge in [-0.25, -0.2) is 0 Å². The van der Waals surface area contributed by atoms with Gasteiger partial charge in [-0.3, -0.25) is 0 Å². The third-order valence-electron chi connectivity index (χ3n) is 4.86. The van der Waals surface area contributed by atoms with Crippen molar-refractivity contribution in [2.75, 3.05) is 12.0 Å². The molecule has 1 heterocycles. The summed E-state index contributed by atoms with van der Waals surface area (Å²) in [6.07, 6.45) is 5.72. The molecule has 31 heavy (non-hydrogen) atoms. The van der Waals surface area contributed by atoms with Crippen LogP contribution in [0.15, 0.2) is 86.8 Å². The van der Waals surface area contributed by atoms with E-state index < -0.39 is 0 Å². The molecule has 0 bridgehead atoms. The first-order valence-electron chi connectivity index (χ1n) is 9.66. The van der Waals surface area contributed by atoms with E-state index in [0.29, 0.717) is 24.0 Å². The summed E-state index contributed by atoms with van der Waals surface area (Å²) in [6.45, 7) is 0.412. The quantitative estimate of drug-likeness (QED) is 0.228. The Morgan fingerprint density at radius 2 is 1.97 bits per heavy atom. The van der Waals surface area contributed by atoms with Gasteiger partial charge in [0, 0.05) is 25.6 Å². The molecule has 0 saturated carbocycles. The van der Waals surface area contributed by atoms with Crippen LogP contribution in [-0.4, -0.2) is 12.0 Å². The van der Waals surface area contributed by atoms with Crippen molar-refractivity contribution in [3.63, 3.8) is 0 Å². The number of para-hydroxylation sites is 1. The van der Waals surface area contributed by atoms with Crippen molar-refractivity contribution in [1.29, 1.82) is 0 Å². The lowest BCUT2D eigenvalue weighted by molar-refractivity contribution is 0.307. The maximum Gasteiger partial charge on any atom is 0.464 e. The van der Waals surface area contributed by atoms with Crippen molar-refractivity contribution in [3.8, 4) is 16.9 Å². The highest BCUT2D eigenvalue weighted by Gasteiger charge is 2.14. The average Bonchev–Trinajstić information content (AvgIpc) is 3.27. The van der Waals surface area contributed by atoms with E-state index in [0.717, 1.165) is 48.4 Å². The van der Waals surface area contributed by atoms with Crippen LogP contribution < -0.4 is 4.74 Å². The number of furan rings is 1. The lowest BCUT2D eigenvalue weighted by atomic mass is 10.0. The second-order valence-corrected chi connectivity index (χ2v) is 9.18. The van der Waals surface area contributed by atoms with E-state index in [-0.39, 0.29) is 0 Å². The van der Waals surface area contributed by atoms with E-state index in [9.17, 15) is 4.21 Å². The topological polar surface area (TPSA) is 39.4 Å². The van der Waals surface area contributed by atoms with Gasteiger partial charge in [-0.15, -0.1) is 11.8 Å². The molecule has 0 saturated heterocycles. The van der Waals surface area contributed by atoms with Crippen molar-refractivity contribution in [1.82, 2.24) is 0 Å². The normalized spacial score (nSPS) is 11.6. The Bertz CT molecular complexity index is 1230. The standard InChI is InChI=1S/C25H20BrO3S2/c1-30-21(16-31-27)14-19-8-5-9-22(18-6-3-2-4-7-18)24(19)29-15-17-12-20-10-11-28-25(20)23(26)13-17/h2-14H,15-16H2,1H3/q+1. The second kappa shape index (κ2) is 10.3. The van der Waals surface area contributed by atoms with Crippen molar-refractivity contribution in [2.45, 2.75) is 6.61 Å². The molecule has 0 amide bonds. The molecule has 0 unspecified atom stereocenters. The van der Waals surface area contributed by atoms with Crippen molar-refractivity contribution >= 4 is 56.4 Å². The summed E-state index contributed by atoms with van der Waals surface area (Å²) in [5, 5.41) is 1.03. The van der Waals surface area contributed by atoms with Crippen LogP contribution in [0.3, 0.4) is 0 Å². The third kappa shape index (κ3) is 5.09. The molecule has 0 fully saturated rings. The van der Waals surface area contributed by atoms with Gasteiger partial charge in [0.15, 0.2) is 0 Å². The van der Waals surface area contributed by atoms with Gasteiger partial charge in [0.1, 0.15) is 17.9 Å². The molecular weight excluding hydrogens is 492 g/mol. The molecule has 3 nitrogen and oxygen atoms in total. The van der Waals surface area contributed by atoms with Gasteiger partial charge in [0.25, 0.3) is 5.75 Å². The Balaban J connectivity index is 1.74. The largest absolute Gasteiger partial charge is 0.488 e. The smallest absolute Gasteiger partial charge is 0.464 e. The monoisotopic (exact) mass is 511 g/mol. The van der Waals surface area contributed by atoms with Crippen LogP contribution in [0.5, 0.6) is 5.75 Å². The van der Waals surface area contributed by atoms with Crippen LogP contribution in [0.25, 0.3) is 28.2 Å². The van der Waals surface area contributed by atoms with Crippen molar-refractivity contribution < 1.29 is 13.4 Å². The Morgan fingerprint density at radius 3 is 2.74 bits per heavy atom. The third-order valence-corrected chi connectivity index (χ3v) is 6.85. The minimum atomic E-state index is 0.412. The maximum absolute atomic E-state index is 11.1. The SMILES string of the molecule is CSC(=Cc1cccc(-c2ccccc2)c1OCc1cc(Br)c2occc2c1)C[S+]=O. The second-order valence-electron chi connectivity index (χ2n) is 6.87. The average molecular weight is 512 g/mol. The number of ether oxygens (including phenoxy) is 1. The highest BCUT2D eigenvalue weighted by atomic mass is 79.9. The van der Waals surface area contributed by atoms with E-state index >= 15 is 0 Å². The highest BCUT2D eigenvalue weighted by molar-refractivity contribution is 9.10. The van der Waals surface area contributed by atoms with Crippen LogP contribution in [0, 0.1) is 0 Å². The molecule has 4 aromatic rings. The molecule has 0 spiro atoms. The molecule has 0 N–H and O–H groups in total. The van der Waals surface area contributed by atoms with Crippen LogP contribution in [-0.2, 0) is 22.5 Å². The Morgan fingerprint density at radius 1 is 1.13 bits per heavy atom. The molecule has 6 heteroatoms. The summed E-state index contributed by atoms with van der Waals surface area (Å²) >= 11 is 5.75. The Kier molecular flexibility index (Phi) is 7.22. The predicted molar refractivity (Wildman–Crippen MR) is 135 cm³/mol. The number of fused-ring (bicyclic) bond motifs is 1. The van der Waals surface area contributed by atoms with Crippen molar-refractivity contribution in [2.24, 2.45) is 0 Å². The van der Waals surface area contributed by atoms with Crippen LogP contribution in [0.2, 0.25) is 0 Å². The summed E-state index contributed by atoms with van der Waals surface area (Å²) in [7, 11) is 0. The molecule has 0 aliphatic rings. The summed E-state index contributed by atoms with van der Waals surface area (Å²) in [5.41, 5.74) is 4.94. The lowest BCUT2D eigenvalue weighted by Gasteiger charge is -2.15. The highest BCUT2D eigenvalue weighted by Crippen LogP contribution is 2.36. The first-order chi connectivity index (χ1) is 15.2. The number of halogens is 1. The zero-order valence-corrected chi connectivity index (χ0v) is 20.1. The van der Waals surface area contributed by atoms with Crippen LogP contribution >= 0.6 is 27.7 Å². The van der Waals surface area contributed by atoms with Gasteiger partial charge >= 0.3 is 11.7 Å². The summed E-state index contributed by atoms with van der Waals surface area (Å²) in [4.78, 5) is 1.01. The molecule has 0 aliphatic carbocycles. The molecular formula is C25H20BrO3S2+. The molecule has 0 atom stereocenters. The number of hydrogen-bond acceptors (Lipinski definition) is 4. The molecule has 4 rings (SSSR count). The van der Waals surface area contributed by atoms with Gasteiger partial charge in [0.05, 0.1) is 10.7 Å². The molecule has 1 aromatic heterocycles. The van der Waals surface area contributed by atoms with E-state index in [1.807, 2.05) is 54.8 Å². The fraction of sp³-hybridized carbons (Fsp3) is 0.120. The van der Waals surface area contributed by atoms with Gasteiger partial charge in [-0.1, -0.05) is 48.5 Å². The number of rotatable bonds is 8.